The quantitative estimate of drug-likeness (QED) is 0.549. The maximum Gasteiger partial charge on any atom is 0.293 e. The molecule has 1 fully saturated rings. The lowest BCUT2D eigenvalue weighted by atomic mass is 10.2. The van der Waals surface area contributed by atoms with Crippen LogP contribution >= 0.6 is 11.8 Å². The van der Waals surface area contributed by atoms with E-state index in [-0.39, 0.29) is 34.5 Å². The number of carbonyl (C=O) groups excluding carboxylic acids is 3. The van der Waals surface area contributed by atoms with Crippen molar-refractivity contribution in [2.45, 2.75) is 24.8 Å². The molecule has 2 N–H and O–H groups in total. The molecule has 1 saturated heterocycles. The van der Waals surface area contributed by atoms with Gasteiger partial charge in [0, 0.05) is 24.7 Å². The molecule has 0 bridgehead atoms. The maximum atomic E-state index is 13.0. The van der Waals surface area contributed by atoms with E-state index in [2.05, 4.69) is 10.0 Å². The summed E-state index contributed by atoms with van der Waals surface area (Å²) in [6.07, 6.45) is 1.50. The maximum absolute atomic E-state index is 13.0. The highest BCUT2D eigenvalue weighted by atomic mass is 32.2. The summed E-state index contributed by atoms with van der Waals surface area (Å²) in [4.78, 5) is 38.4. The Morgan fingerprint density at radius 3 is 2.52 bits per heavy atom. The van der Waals surface area contributed by atoms with Crippen LogP contribution in [0.25, 0.3) is 6.08 Å². The minimum absolute atomic E-state index is 0.0120. The summed E-state index contributed by atoms with van der Waals surface area (Å²) in [7, 11) is -3.76. The number of rotatable bonds is 8. The molecular weight excluding hydrogens is 469 g/mol. The van der Waals surface area contributed by atoms with Crippen molar-refractivity contribution in [2.75, 3.05) is 13.1 Å². The fourth-order valence-corrected chi connectivity index (χ4v) is 5.13. The Morgan fingerprint density at radius 2 is 1.85 bits per heavy atom. The van der Waals surface area contributed by atoms with Crippen molar-refractivity contribution < 1.29 is 27.2 Å². The fraction of sp³-hybridized carbons (Fsp3) is 0.227. The van der Waals surface area contributed by atoms with Crippen LogP contribution in [0.15, 0.2) is 58.3 Å². The number of thioether (sulfide) groups is 1. The van der Waals surface area contributed by atoms with Gasteiger partial charge in [-0.2, -0.15) is 0 Å². The first kappa shape index (κ1) is 24.6. The molecular formula is C22H22FN3O5S2. The monoisotopic (exact) mass is 491 g/mol. The Labute approximate surface area is 195 Å². The zero-order valence-corrected chi connectivity index (χ0v) is 19.5. The molecule has 11 heteroatoms. The highest BCUT2D eigenvalue weighted by Crippen LogP contribution is 2.31. The number of amides is 3. The van der Waals surface area contributed by atoms with Gasteiger partial charge in [0.05, 0.1) is 9.80 Å². The van der Waals surface area contributed by atoms with Crippen LogP contribution in [0.4, 0.5) is 9.18 Å². The minimum atomic E-state index is -3.76. The standard InChI is InChI=1S/C22H22FN3O5S2/c1-14(2)25-33(30,31)18-5-3-4-16(13-18)20(27)24-10-11-26-21(28)19(32-22(26)29)12-15-6-8-17(23)9-7-15/h3-9,12-14,25H,10-11H2,1-2H3,(H,24,27)/b19-12-. The molecule has 0 atom stereocenters. The number of hydrogen-bond donors (Lipinski definition) is 2. The van der Waals surface area contributed by atoms with Crippen molar-refractivity contribution >= 4 is 44.9 Å². The fourth-order valence-electron chi connectivity index (χ4n) is 2.97. The van der Waals surface area contributed by atoms with Gasteiger partial charge in [-0.1, -0.05) is 18.2 Å². The smallest absolute Gasteiger partial charge is 0.293 e. The van der Waals surface area contributed by atoms with Crippen molar-refractivity contribution in [3.63, 3.8) is 0 Å². The first-order chi connectivity index (χ1) is 15.6. The number of carbonyl (C=O) groups is 3. The van der Waals surface area contributed by atoms with E-state index in [4.69, 9.17) is 0 Å². The van der Waals surface area contributed by atoms with Crippen molar-refractivity contribution in [3.05, 3.63) is 70.4 Å². The van der Waals surface area contributed by atoms with Crippen molar-refractivity contribution in [3.8, 4) is 0 Å². The summed E-state index contributed by atoms with van der Waals surface area (Å²) >= 11 is 0.764. The van der Waals surface area contributed by atoms with E-state index < -0.39 is 32.9 Å². The summed E-state index contributed by atoms with van der Waals surface area (Å²) in [6.45, 7) is 3.31. The van der Waals surface area contributed by atoms with Gasteiger partial charge < -0.3 is 5.32 Å². The average Bonchev–Trinajstić information content (AvgIpc) is 3.02. The molecule has 0 aromatic heterocycles. The number of halogens is 1. The van der Waals surface area contributed by atoms with Crippen molar-refractivity contribution in [2.24, 2.45) is 0 Å². The number of hydrogen-bond acceptors (Lipinski definition) is 6. The second-order valence-corrected chi connectivity index (χ2v) is 10.2. The van der Waals surface area contributed by atoms with E-state index in [0.29, 0.717) is 5.56 Å². The van der Waals surface area contributed by atoms with Crippen LogP contribution in [0.1, 0.15) is 29.8 Å². The molecule has 1 aliphatic heterocycles. The molecule has 0 spiro atoms. The number of nitrogens with one attached hydrogen (secondary N) is 2. The lowest BCUT2D eigenvalue weighted by Gasteiger charge is -2.13. The molecule has 174 valence electrons. The highest BCUT2D eigenvalue weighted by Gasteiger charge is 2.34. The van der Waals surface area contributed by atoms with Crippen LogP contribution in [-0.4, -0.2) is 49.5 Å². The predicted molar refractivity (Wildman–Crippen MR) is 123 cm³/mol. The Balaban J connectivity index is 1.61. The van der Waals surface area contributed by atoms with E-state index >= 15 is 0 Å². The second-order valence-electron chi connectivity index (χ2n) is 7.44. The van der Waals surface area contributed by atoms with Gasteiger partial charge in [0.1, 0.15) is 5.82 Å². The van der Waals surface area contributed by atoms with Crippen LogP contribution in [0.5, 0.6) is 0 Å². The molecule has 3 rings (SSSR count). The van der Waals surface area contributed by atoms with E-state index in [1.54, 1.807) is 13.8 Å². The molecule has 8 nitrogen and oxygen atoms in total. The third-order valence-corrected chi connectivity index (χ3v) is 7.02. The normalized spacial score (nSPS) is 15.5. The van der Waals surface area contributed by atoms with Gasteiger partial charge >= 0.3 is 0 Å². The number of benzene rings is 2. The summed E-state index contributed by atoms with van der Waals surface area (Å²) in [5.74, 6) is -1.45. The Kier molecular flexibility index (Phi) is 7.67. The van der Waals surface area contributed by atoms with Gasteiger partial charge in [-0.05, 0) is 67.6 Å². The van der Waals surface area contributed by atoms with E-state index in [1.807, 2.05) is 0 Å². The zero-order chi connectivity index (χ0) is 24.2. The number of nitrogens with zero attached hydrogens (tertiary/aromatic N) is 1. The van der Waals surface area contributed by atoms with Crippen LogP contribution < -0.4 is 10.0 Å². The third kappa shape index (κ3) is 6.28. The van der Waals surface area contributed by atoms with Crippen LogP contribution in [0, 0.1) is 5.82 Å². The molecule has 0 saturated carbocycles. The number of sulfonamides is 1. The van der Waals surface area contributed by atoms with Crippen molar-refractivity contribution in [1.29, 1.82) is 0 Å². The summed E-state index contributed by atoms with van der Waals surface area (Å²) in [5, 5.41) is 2.11. The van der Waals surface area contributed by atoms with Crippen LogP contribution in [0.3, 0.4) is 0 Å². The zero-order valence-electron chi connectivity index (χ0n) is 17.9. The molecule has 3 amide bonds. The molecule has 0 radical (unpaired) electrons. The molecule has 33 heavy (non-hydrogen) atoms. The van der Waals surface area contributed by atoms with E-state index in [1.165, 1.54) is 54.6 Å². The Hall–Kier alpha value is -3.02. The van der Waals surface area contributed by atoms with Gasteiger partial charge in [-0.25, -0.2) is 17.5 Å². The SMILES string of the molecule is CC(C)NS(=O)(=O)c1cccc(C(=O)NCCN2C(=O)S/C(=C\c3ccc(F)cc3)C2=O)c1. The molecule has 1 heterocycles. The van der Waals surface area contributed by atoms with E-state index in [9.17, 15) is 27.2 Å². The van der Waals surface area contributed by atoms with Crippen LogP contribution in [-0.2, 0) is 14.8 Å². The first-order valence-corrected chi connectivity index (χ1v) is 12.3. The third-order valence-electron chi connectivity index (χ3n) is 4.46. The molecule has 0 unspecified atom stereocenters. The molecule has 2 aromatic rings. The highest BCUT2D eigenvalue weighted by molar-refractivity contribution is 8.18. The Morgan fingerprint density at radius 1 is 1.15 bits per heavy atom. The molecule has 0 aliphatic carbocycles. The lowest BCUT2D eigenvalue weighted by molar-refractivity contribution is -0.122. The predicted octanol–water partition coefficient (Wildman–Crippen LogP) is 2.98. The summed E-state index contributed by atoms with van der Waals surface area (Å²) in [6, 6.07) is 10.8. The van der Waals surface area contributed by atoms with E-state index in [0.717, 1.165) is 16.7 Å². The van der Waals surface area contributed by atoms with Gasteiger partial charge in [0.15, 0.2) is 0 Å². The van der Waals surface area contributed by atoms with Gasteiger partial charge in [0.25, 0.3) is 17.1 Å². The van der Waals surface area contributed by atoms with Crippen molar-refractivity contribution in [1.82, 2.24) is 14.9 Å². The first-order valence-electron chi connectivity index (χ1n) is 9.98. The van der Waals surface area contributed by atoms with Gasteiger partial charge in [0.2, 0.25) is 10.0 Å². The molecule has 2 aromatic carbocycles. The minimum Gasteiger partial charge on any atom is -0.350 e. The Bertz CT molecular complexity index is 1210. The van der Waals surface area contributed by atoms with Gasteiger partial charge in [-0.15, -0.1) is 0 Å². The van der Waals surface area contributed by atoms with Crippen LogP contribution in [0.2, 0.25) is 0 Å². The summed E-state index contributed by atoms with van der Waals surface area (Å²) in [5.41, 5.74) is 0.712. The summed E-state index contributed by atoms with van der Waals surface area (Å²) < 4.78 is 40.1. The lowest BCUT2D eigenvalue weighted by Crippen LogP contribution is -2.37. The molecule has 1 aliphatic rings. The topological polar surface area (TPSA) is 113 Å². The average molecular weight is 492 g/mol. The number of imide groups is 1. The van der Waals surface area contributed by atoms with Gasteiger partial charge in [-0.3, -0.25) is 19.3 Å². The second kappa shape index (κ2) is 10.3. The largest absolute Gasteiger partial charge is 0.350 e.